The molecule has 2 aromatic carbocycles. The highest BCUT2D eigenvalue weighted by Crippen LogP contribution is 2.37. The zero-order chi connectivity index (χ0) is 33.3. The largest absolute Gasteiger partial charge is 0.471 e. The molecule has 2 aliphatic heterocycles. The van der Waals surface area contributed by atoms with Crippen LogP contribution in [0.3, 0.4) is 0 Å². The van der Waals surface area contributed by atoms with Crippen LogP contribution in [0, 0.1) is 0 Å². The quantitative estimate of drug-likeness (QED) is 0.189. The van der Waals surface area contributed by atoms with Crippen LogP contribution in [0.5, 0.6) is 0 Å². The molecule has 248 valence electrons. The Kier molecular flexibility index (Phi) is 9.60. The number of likely N-dealkylation sites (tertiary alicyclic amines) is 1. The number of amides is 2. The number of piperidine rings is 1. The molecule has 15 heteroatoms. The third kappa shape index (κ3) is 7.33. The van der Waals surface area contributed by atoms with Gasteiger partial charge in [-0.3, -0.25) is 14.7 Å². The molecule has 6 rings (SSSR count). The lowest BCUT2D eigenvalue weighted by atomic mass is 9.88. The minimum Gasteiger partial charge on any atom is -0.381 e. The van der Waals surface area contributed by atoms with Crippen molar-refractivity contribution in [3.8, 4) is 0 Å². The number of halogens is 5. The molecule has 0 spiro atoms. The van der Waals surface area contributed by atoms with Gasteiger partial charge in [-0.2, -0.15) is 18.3 Å². The number of H-pyrrole nitrogens is 1. The summed E-state index contributed by atoms with van der Waals surface area (Å²) in [5, 5.41) is 13.7. The fourth-order valence-electron chi connectivity index (χ4n) is 6.05. The Bertz CT molecular complexity index is 1790. The maximum atomic E-state index is 14.1. The van der Waals surface area contributed by atoms with Crippen LogP contribution in [-0.4, -0.2) is 77.5 Å². The summed E-state index contributed by atoms with van der Waals surface area (Å²) in [6.45, 7) is 2.05. The van der Waals surface area contributed by atoms with E-state index in [9.17, 15) is 22.8 Å². The average molecular weight is 691 g/mol. The fourth-order valence-corrected chi connectivity index (χ4v) is 6.39. The Morgan fingerprint density at radius 2 is 1.77 bits per heavy atom. The van der Waals surface area contributed by atoms with Gasteiger partial charge in [0.25, 0.3) is 5.91 Å². The van der Waals surface area contributed by atoms with Crippen LogP contribution in [0.2, 0.25) is 10.0 Å². The third-order valence-electron chi connectivity index (χ3n) is 8.56. The van der Waals surface area contributed by atoms with Crippen LogP contribution >= 0.6 is 23.2 Å². The summed E-state index contributed by atoms with van der Waals surface area (Å²) in [7, 11) is 2.02. The summed E-state index contributed by atoms with van der Waals surface area (Å²) >= 11 is 12.4. The van der Waals surface area contributed by atoms with Gasteiger partial charge in [0.1, 0.15) is 11.3 Å². The van der Waals surface area contributed by atoms with Crippen LogP contribution in [0.25, 0.3) is 11.0 Å². The van der Waals surface area contributed by atoms with Gasteiger partial charge in [0.15, 0.2) is 5.82 Å². The number of hydrogen-bond donors (Lipinski definition) is 3. The predicted octanol–water partition coefficient (Wildman–Crippen LogP) is 7.14. The van der Waals surface area contributed by atoms with E-state index in [1.165, 1.54) is 6.07 Å². The fraction of sp³-hybridized carbons (Fsp3) is 0.375. The summed E-state index contributed by atoms with van der Waals surface area (Å²) in [6, 6.07) is 12.3. The number of hydrogen-bond acceptors (Lipinski definition) is 7. The zero-order valence-corrected chi connectivity index (χ0v) is 26.8. The zero-order valence-electron chi connectivity index (χ0n) is 25.3. The maximum absolute atomic E-state index is 14.1. The Labute approximate surface area is 278 Å². The molecular formula is C32H32Cl2F3N7O3. The average Bonchev–Trinajstić information content (AvgIpc) is 3.45. The summed E-state index contributed by atoms with van der Waals surface area (Å²) < 4.78 is 47.7. The highest BCUT2D eigenvalue weighted by Gasteiger charge is 2.46. The molecule has 2 aromatic heterocycles. The number of anilines is 4. The van der Waals surface area contributed by atoms with Gasteiger partial charge in [-0.05, 0) is 99.8 Å². The third-order valence-corrected chi connectivity index (χ3v) is 9.13. The first-order valence-electron chi connectivity index (χ1n) is 15.2. The second-order valence-electron chi connectivity index (χ2n) is 11.7. The van der Waals surface area contributed by atoms with Crippen molar-refractivity contribution < 1.29 is 27.5 Å². The molecule has 0 radical (unpaired) electrons. The van der Waals surface area contributed by atoms with E-state index in [0.717, 1.165) is 36.4 Å². The topological polar surface area (TPSA) is 115 Å². The lowest BCUT2D eigenvalue weighted by Gasteiger charge is -2.36. The van der Waals surface area contributed by atoms with E-state index in [2.05, 4.69) is 30.7 Å². The first-order valence-corrected chi connectivity index (χ1v) is 15.9. The van der Waals surface area contributed by atoms with Crippen molar-refractivity contribution in [3.05, 3.63) is 69.7 Å². The maximum Gasteiger partial charge on any atom is 0.471 e. The van der Waals surface area contributed by atoms with Crippen LogP contribution in [-0.2, 0) is 9.53 Å². The molecule has 0 unspecified atom stereocenters. The highest BCUT2D eigenvalue weighted by molar-refractivity contribution is 6.35. The van der Waals surface area contributed by atoms with Gasteiger partial charge in [0.2, 0.25) is 0 Å². The van der Waals surface area contributed by atoms with E-state index < -0.39 is 24.0 Å². The van der Waals surface area contributed by atoms with Gasteiger partial charge in [-0.25, -0.2) is 4.98 Å². The lowest BCUT2D eigenvalue weighted by molar-refractivity contribution is -0.171. The Balaban J connectivity index is 1.37. The molecule has 0 saturated carbocycles. The molecule has 0 bridgehead atoms. The molecule has 2 saturated heterocycles. The number of rotatable bonds is 7. The molecule has 0 aliphatic carbocycles. The number of nitrogens with one attached hydrogen (secondary N) is 3. The minimum atomic E-state index is -5.16. The number of alkyl halides is 3. The van der Waals surface area contributed by atoms with Gasteiger partial charge in [-0.1, -0.05) is 29.3 Å². The number of carbonyl (C=O) groups is 2. The van der Waals surface area contributed by atoms with Gasteiger partial charge in [0, 0.05) is 24.3 Å². The smallest absolute Gasteiger partial charge is 0.381 e. The van der Waals surface area contributed by atoms with Crippen LogP contribution in [0.4, 0.5) is 36.2 Å². The molecule has 4 aromatic rings. The predicted molar refractivity (Wildman–Crippen MR) is 175 cm³/mol. The first kappa shape index (κ1) is 33.0. The molecule has 2 fully saturated rings. The van der Waals surface area contributed by atoms with E-state index in [-0.39, 0.29) is 49.0 Å². The van der Waals surface area contributed by atoms with E-state index in [1.54, 1.807) is 42.5 Å². The van der Waals surface area contributed by atoms with E-state index >= 15 is 0 Å². The van der Waals surface area contributed by atoms with Gasteiger partial charge in [0.05, 0.1) is 27.5 Å². The number of aromatic nitrogens is 3. The molecular weight excluding hydrogens is 658 g/mol. The highest BCUT2D eigenvalue weighted by atomic mass is 35.5. The molecule has 3 N–H and O–H groups in total. The number of fused-ring (bicyclic) bond motifs is 1. The van der Waals surface area contributed by atoms with Crippen molar-refractivity contribution in [2.75, 3.05) is 48.9 Å². The van der Waals surface area contributed by atoms with Crippen molar-refractivity contribution in [3.63, 3.8) is 0 Å². The lowest BCUT2D eigenvalue weighted by Crippen LogP contribution is -2.50. The number of pyridine rings is 1. The second-order valence-corrected chi connectivity index (χ2v) is 12.6. The van der Waals surface area contributed by atoms with Crippen LogP contribution in [0.15, 0.2) is 48.5 Å². The summed E-state index contributed by atoms with van der Waals surface area (Å²) in [6.07, 6.45) is -3.17. The van der Waals surface area contributed by atoms with E-state index in [1.807, 2.05) is 7.05 Å². The summed E-state index contributed by atoms with van der Waals surface area (Å²) in [5.41, 5.74) is 1.88. The van der Waals surface area contributed by atoms with E-state index in [4.69, 9.17) is 27.9 Å². The van der Waals surface area contributed by atoms with Crippen LogP contribution in [0.1, 0.15) is 47.5 Å². The molecule has 47 heavy (non-hydrogen) atoms. The van der Waals surface area contributed by atoms with Crippen molar-refractivity contribution >= 4 is 69.1 Å². The molecule has 10 nitrogen and oxygen atoms in total. The molecule has 2 amide bonds. The number of benzene rings is 2. The molecule has 4 heterocycles. The van der Waals surface area contributed by atoms with Crippen molar-refractivity contribution in [2.45, 2.75) is 43.8 Å². The van der Waals surface area contributed by atoms with Gasteiger partial charge >= 0.3 is 12.1 Å². The number of carbonyl (C=O) groups excluding carboxylic acids is 2. The normalized spacial score (nSPS) is 16.7. The number of aromatic amines is 1. The van der Waals surface area contributed by atoms with Gasteiger partial charge in [-0.15, -0.1) is 0 Å². The first-order chi connectivity index (χ1) is 22.5. The summed E-state index contributed by atoms with van der Waals surface area (Å²) in [4.78, 5) is 34.5. The van der Waals surface area contributed by atoms with Crippen molar-refractivity contribution in [2.24, 2.45) is 0 Å². The SMILES string of the molecule is CN1CCC(c2ccc(C(=O)Nc3n[nH]c4ccc(Nc5cc(Cl)ccc5Cl)nc34)c(N(C(=O)C(F)(F)F)C3CCOCC3)c2)CC1. The van der Waals surface area contributed by atoms with E-state index in [0.29, 0.717) is 32.6 Å². The number of nitrogens with zero attached hydrogens (tertiary/aromatic N) is 4. The second kappa shape index (κ2) is 13.7. The van der Waals surface area contributed by atoms with Crippen molar-refractivity contribution in [1.29, 1.82) is 0 Å². The Hall–Kier alpha value is -3.91. The Morgan fingerprint density at radius 1 is 1.02 bits per heavy atom. The van der Waals surface area contributed by atoms with Gasteiger partial charge < -0.3 is 25.2 Å². The molecule has 2 aliphatic rings. The minimum absolute atomic E-state index is 0.0518. The Morgan fingerprint density at radius 3 is 2.49 bits per heavy atom. The van der Waals surface area contributed by atoms with Crippen molar-refractivity contribution in [1.82, 2.24) is 20.1 Å². The summed E-state index contributed by atoms with van der Waals surface area (Å²) in [5.74, 6) is -2.27. The molecule has 0 atom stereocenters. The monoisotopic (exact) mass is 689 g/mol. The number of ether oxygens (including phenoxy) is 1. The van der Waals surface area contributed by atoms with Crippen LogP contribution < -0.4 is 15.5 Å². The standard InChI is InChI=1S/C32H32Cl2F3N7O3/c1-43-12-8-18(9-13-43)19-2-4-22(26(16-19)44(31(46)32(35,36)37)21-10-14-47-15-11-21)30(45)40-29-28-24(41-42-29)6-7-27(39-28)38-25-17-20(33)3-5-23(25)34/h2-7,16-18,21H,8-15H2,1H3,(H,38,39)(H2,40,41,42,45).